The fraction of sp³-hybridized carbons (Fsp3) is 1.00. The van der Waals surface area contributed by atoms with Crippen molar-refractivity contribution in [3.05, 3.63) is 0 Å². The fourth-order valence-electron chi connectivity index (χ4n) is 7.26. The number of nitrogens with two attached hydrogens (primary N) is 1. The Kier molecular flexibility index (Phi) is 45.9. The molecule has 0 fully saturated rings. The van der Waals surface area contributed by atoms with Crippen molar-refractivity contribution >= 4 is 0 Å². The maximum atomic E-state index is 6.11. The van der Waals surface area contributed by atoms with Gasteiger partial charge in [-0.1, -0.05) is 182 Å². The number of hydrogen-bond acceptors (Lipinski definition) is 7. The van der Waals surface area contributed by atoms with Gasteiger partial charge in [0.15, 0.2) is 0 Å². The molecule has 0 aliphatic heterocycles. The Morgan fingerprint density at radius 1 is 0.321 bits per heavy atom. The van der Waals surface area contributed by atoms with Crippen LogP contribution in [-0.4, -0.2) is 66.1 Å². The smallest absolute Gasteiger partial charge is 0.147 e. The van der Waals surface area contributed by atoms with Crippen molar-refractivity contribution in [1.82, 2.24) is 0 Å². The highest BCUT2D eigenvalue weighted by Crippen LogP contribution is 2.22. The standard InChI is InChI=1S/C46H95NO6/c1-5-9-19-27-44(28-20-10-6-2)33-38-50-41-48-36-25-17-13-15-23-31-46(53-43-52-40-35-47)32-24-16-14-18-26-37-49-42-51-39-34-45(29-21-11-7-3)30-22-12-8-4/h44-46H,5-43,47H2,1-4H3. The van der Waals surface area contributed by atoms with Crippen LogP contribution in [0.15, 0.2) is 0 Å². The Bertz CT molecular complexity index is 588. The van der Waals surface area contributed by atoms with Crippen LogP contribution in [0.4, 0.5) is 0 Å². The predicted octanol–water partition coefficient (Wildman–Crippen LogP) is 13.3. The van der Waals surface area contributed by atoms with Crippen molar-refractivity contribution < 1.29 is 28.4 Å². The van der Waals surface area contributed by atoms with Crippen LogP contribution in [0, 0.1) is 11.8 Å². The molecular formula is C46H95NO6. The first-order chi connectivity index (χ1) is 26.2. The molecule has 320 valence electrons. The summed E-state index contributed by atoms with van der Waals surface area (Å²) in [5.41, 5.74) is 5.59. The molecule has 53 heavy (non-hydrogen) atoms. The van der Waals surface area contributed by atoms with E-state index in [-0.39, 0.29) is 6.10 Å². The molecule has 0 heterocycles. The minimum absolute atomic E-state index is 0.282. The van der Waals surface area contributed by atoms with Crippen LogP contribution in [0.3, 0.4) is 0 Å². The second-order valence-corrected chi connectivity index (χ2v) is 15.9. The number of rotatable bonds is 47. The van der Waals surface area contributed by atoms with E-state index in [4.69, 9.17) is 34.2 Å². The van der Waals surface area contributed by atoms with Crippen LogP contribution in [-0.2, 0) is 28.4 Å². The van der Waals surface area contributed by atoms with Crippen LogP contribution in [0.25, 0.3) is 0 Å². The zero-order chi connectivity index (χ0) is 38.6. The van der Waals surface area contributed by atoms with E-state index in [1.54, 1.807) is 0 Å². The van der Waals surface area contributed by atoms with Gasteiger partial charge in [0, 0.05) is 33.0 Å². The molecular weight excluding hydrogens is 663 g/mol. The number of unbranched alkanes of at least 4 members (excludes halogenated alkanes) is 16. The van der Waals surface area contributed by atoms with Crippen LogP contribution >= 0.6 is 0 Å². The third kappa shape index (κ3) is 41.2. The molecule has 0 aliphatic rings. The molecule has 0 atom stereocenters. The molecule has 0 aromatic rings. The van der Waals surface area contributed by atoms with Crippen LogP contribution in [0.2, 0.25) is 0 Å². The largest absolute Gasteiger partial charge is 0.355 e. The number of ether oxygens (including phenoxy) is 6. The van der Waals surface area contributed by atoms with Gasteiger partial charge in [-0.3, -0.25) is 0 Å². The summed E-state index contributed by atoms with van der Waals surface area (Å²) in [6.07, 6.45) is 38.6. The van der Waals surface area contributed by atoms with Gasteiger partial charge in [-0.2, -0.15) is 0 Å². The number of hydrogen-bond donors (Lipinski definition) is 1. The predicted molar refractivity (Wildman–Crippen MR) is 226 cm³/mol. The lowest BCUT2D eigenvalue weighted by atomic mass is 9.92. The van der Waals surface area contributed by atoms with Gasteiger partial charge >= 0.3 is 0 Å². The Balaban J connectivity index is 3.88. The lowest BCUT2D eigenvalue weighted by molar-refractivity contribution is -0.0926. The van der Waals surface area contributed by atoms with E-state index in [2.05, 4.69) is 27.7 Å². The second-order valence-electron chi connectivity index (χ2n) is 15.9. The molecule has 0 saturated carbocycles. The second kappa shape index (κ2) is 46.1. The van der Waals surface area contributed by atoms with Crippen molar-refractivity contribution in [2.75, 3.05) is 60.0 Å². The quantitative estimate of drug-likeness (QED) is 0.0489. The normalized spacial score (nSPS) is 12.0. The van der Waals surface area contributed by atoms with Gasteiger partial charge in [0.05, 0.1) is 12.7 Å². The molecule has 7 heteroatoms. The summed E-state index contributed by atoms with van der Waals surface area (Å²) in [7, 11) is 0. The van der Waals surface area contributed by atoms with Crippen molar-refractivity contribution in [2.45, 2.75) is 226 Å². The van der Waals surface area contributed by atoms with E-state index >= 15 is 0 Å². The van der Waals surface area contributed by atoms with Gasteiger partial charge < -0.3 is 34.2 Å². The summed E-state index contributed by atoms with van der Waals surface area (Å²) < 4.78 is 34.9. The summed E-state index contributed by atoms with van der Waals surface area (Å²) in [5.74, 6) is 1.65. The SMILES string of the molecule is CCCCCC(CCCCC)CCOCOCCCCCCCC(CCCCCCCOCOCCC(CCCCC)CCCCC)OCOCCN. The molecule has 0 aromatic heterocycles. The first-order valence-corrected chi connectivity index (χ1v) is 23.4. The molecule has 0 unspecified atom stereocenters. The van der Waals surface area contributed by atoms with Crippen LogP contribution < -0.4 is 5.73 Å². The highest BCUT2D eigenvalue weighted by molar-refractivity contribution is 4.62. The Morgan fingerprint density at radius 2 is 0.660 bits per heavy atom. The third-order valence-corrected chi connectivity index (χ3v) is 10.8. The van der Waals surface area contributed by atoms with E-state index in [0.717, 1.165) is 63.9 Å². The van der Waals surface area contributed by atoms with E-state index < -0.39 is 0 Å². The van der Waals surface area contributed by atoms with E-state index in [0.29, 0.717) is 33.5 Å². The highest BCUT2D eigenvalue weighted by Gasteiger charge is 2.11. The van der Waals surface area contributed by atoms with Crippen LogP contribution in [0.1, 0.15) is 220 Å². The minimum atomic E-state index is 0.282. The van der Waals surface area contributed by atoms with Gasteiger partial charge in [-0.05, 0) is 50.4 Å². The summed E-state index contributed by atoms with van der Waals surface area (Å²) in [5, 5.41) is 0. The molecule has 7 nitrogen and oxygen atoms in total. The maximum Gasteiger partial charge on any atom is 0.147 e. The molecule has 0 rings (SSSR count). The molecule has 0 aliphatic carbocycles. The summed E-state index contributed by atoms with van der Waals surface area (Å²) in [6.45, 7) is 14.8. The summed E-state index contributed by atoms with van der Waals surface area (Å²) in [4.78, 5) is 0. The highest BCUT2D eigenvalue weighted by atomic mass is 16.7. The minimum Gasteiger partial charge on any atom is -0.355 e. The first kappa shape index (κ1) is 52.7. The van der Waals surface area contributed by atoms with Gasteiger partial charge in [-0.25, -0.2) is 0 Å². The Morgan fingerprint density at radius 3 is 1.06 bits per heavy atom. The monoisotopic (exact) mass is 758 g/mol. The topological polar surface area (TPSA) is 81.4 Å². The average Bonchev–Trinajstić information content (AvgIpc) is 3.16. The lowest BCUT2D eigenvalue weighted by Crippen LogP contribution is -2.17. The fourth-order valence-corrected chi connectivity index (χ4v) is 7.26. The lowest BCUT2D eigenvalue weighted by Gasteiger charge is -2.18. The molecule has 0 spiro atoms. The van der Waals surface area contributed by atoms with Gasteiger partial charge in [0.2, 0.25) is 0 Å². The van der Waals surface area contributed by atoms with Gasteiger partial charge in [0.1, 0.15) is 20.4 Å². The van der Waals surface area contributed by atoms with E-state index in [9.17, 15) is 0 Å². The Hall–Kier alpha value is -0.280. The molecule has 0 aromatic carbocycles. The molecule has 2 N–H and O–H groups in total. The zero-order valence-corrected chi connectivity index (χ0v) is 36.3. The van der Waals surface area contributed by atoms with Crippen molar-refractivity contribution in [2.24, 2.45) is 17.6 Å². The van der Waals surface area contributed by atoms with E-state index in [1.165, 1.54) is 167 Å². The van der Waals surface area contributed by atoms with Gasteiger partial charge in [0.25, 0.3) is 0 Å². The van der Waals surface area contributed by atoms with E-state index in [1.807, 2.05) is 0 Å². The van der Waals surface area contributed by atoms with Crippen LogP contribution in [0.5, 0.6) is 0 Å². The molecule has 0 saturated heterocycles. The molecule has 0 amide bonds. The van der Waals surface area contributed by atoms with Crippen molar-refractivity contribution in [1.29, 1.82) is 0 Å². The molecule has 0 bridgehead atoms. The Labute approximate surface area is 331 Å². The van der Waals surface area contributed by atoms with Gasteiger partial charge in [-0.15, -0.1) is 0 Å². The summed E-state index contributed by atoms with van der Waals surface area (Å²) in [6, 6.07) is 0. The van der Waals surface area contributed by atoms with Crippen molar-refractivity contribution in [3.8, 4) is 0 Å². The third-order valence-electron chi connectivity index (χ3n) is 10.8. The van der Waals surface area contributed by atoms with Crippen molar-refractivity contribution in [3.63, 3.8) is 0 Å². The first-order valence-electron chi connectivity index (χ1n) is 23.4. The summed E-state index contributed by atoms with van der Waals surface area (Å²) >= 11 is 0. The maximum absolute atomic E-state index is 6.11. The molecule has 0 radical (unpaired) electrons. The zero-order valence-electron chi connectivity index (χ0n) is 36.3. The average molecular weight is 758 g/mol.